The van der Waals surface area contributed by atoms with Crippen molar-refractivity contribution in [1.29, 1.82) is 0 Å². The van der Waals surface area contributed by atoms with E-state index in [1.54, 1.807) is 37.3 Å². The third-order valence-electron chi connectivity index (χ3n) is 5.88. The number of carbonyl (C=O) groups excluding carboxylic acids is 2. The van der Waals surface area contributed by atoms with Crippen LogP contribution in [0.15, 0.2) is 71.6 Å². The molecular formula is C27H27Cl4N3O4S. The van der Waals surface area contributed by atoms with Gasteiger partial charge in [0.05, 0.1) is 20.6 Å². The van der Waals surface area contributed by atoms with E-state index in [1.807, 2.05) is 6.92 Å². The van der Waals surface area contributed by atoms with Crippen LogP contribution in [-0.4, -0.2) is 44.3 Å². The van der Waals surface area contributed by atoms with Crippen molar-refractivity contribution in [3.05, 3.63) is 92.4 Å². The molecule has 0 radical (unpaired) electrons. The molecule has 1 N–H and O–H groups in total. The number of hydrogen-bond acceptors (Lipinski definition) is 4. The molecule has 0 unspecified atom stereocenters. The van der Waals surface area contributed by atoms with E-state index in [1.165, 1.54) is 41.3 Å². The number of nitrogens with zero attached hydrogens (tertiary/aromatic N) is 2. The molecule has 0 aromatic heterocycles. The van der Waals surface area contributed by atoms with Gasteiger partial charge in [-0.05, 0) is 55.3 Å². The van der Waals surface area contributed by atoms with Gasteiger partial charge in [0.15, 0.2) is 0 Å². The summed E-state index contributed by atoms with van der Waals surface area (Å²) in [5, 5.41) is 3.57. The number of amides is 2. The van der Waals surface area contributed by atoms with E-state index in [0.29, 0.717) is 28.6 Å². The number of halogens is 4. The first kappa shape index (κ1) is 31.0. The highest BCUT2D eigenvalue weighted by molar-refractivity contribution is 7.92. The van der Waals surface area contributed by atoms with Gasteiger partial charge < -0.3 is 10.2 Å². The minimum Gasteiger partial charge on any atom is -0.354 e. The lowest BCUT2D eigenvalue weighted by Crippen LogP contribution is -2.51. The average molecular weight is 631 g/mol. The van der Waals surface area contributed by atoms with Crippen LogP contribution in [0.3, 0.4) is 0 Å². The lowest BCUT2D eigenvalue weighted by atomic mass is 10.1. The Hall–Kier alpha value is -2.49. The highest BCUT2D eigenvalue weighted by Gasteiger charge is 2.33. The van der Waals surface area contributed by atoms with Gasteiger partial charge in [-0.3, -0.25) is 13.9 Å². The number of nitrogens with one attached hydrogen (secondary N) is 1. The summed E-state index contributed by atoms with van der Waals surface area (Å²) in [4.78, 5) is 28.0. The first-order valence-corrected chi connectivity index (χ1v) is 15.0. The number of carbonyl (C=O) groups is 2. The van der Waals surface area contributed by atoms with Crippen molar-refractivity contribution in [1.82, 2.24) is 10.2 Å². The first-order chi connectivity index (χ1) is 18.5. The predicted molar refractivity (Wildman–Crippen MR) is 157 cm³/mol. The minimum absolute atomic E-state index is 0.0222. The molecule has 3 rings (SSSR count). The van der Waals surface area contributed by atoms with Gasteiger partial charge in [0.2, 0.25) is 11.8 Å². The quantitative estimate of drug-likeness (QED) is 0.264. The molecule has 0 bridgehead atoms. The molecule has 0 aliphatic heterocycles. The van der Waals surface area contributed by atoms with E-state index in [0.717, 1.165) is 4.31 Å². The molecule has 0 spiro atoms. The van der Waals surface area contributed by atoms with Crippen LogP contribution in [0.25, 0.3) is 0 Å². The third kappa shape index (κ3) is 7.58. The fourth-order valence-corrected chi connectivity index (χ4v) is 6.09. The Kier molecular flexibility index (Phi) is 10.9. The number of hydrogen-bond donors (Lipinski definition) is 1. The van der Waals surface area contributed by atoms with E-state index in [4.69, 9.17) is 46.4 Å². The topological polar surface area (TPSA) is 86.8 Å². The average Bonchev–Trinajstić information content (AvgIpc) is 2.91. The van der Waals surface area contributed by atoms with Gasteiger partial charge in [-0.15, -0.1) is 0 Å². The van der Waals surface area contributed by atoms with Gasteiger partial charge in [-0.25, -0.2) is 8.42 Å². The summed E-state index contributed by atoms with van der Waals surface area (Å²) < 4.78 is 28.5. The van der Waals surface area contributed by atoms with Crippen LogP contribution >= 0.6 is 46.4 Å². The van der Waals surface area contributed by atoms with Crippen LogP contribution in [0.5, 0.6) is 0 Å². The van der Waals surface area contributed by atoms with Crippen LogP contribution in [0, 0.1) is 0 Å². The van der Waals surface area contributed by atoms with Gasteiger partial charge in [0.1, 0.15) is 12.6 Å². The second-order valence-electron chi connectivity index (χ2n) is 8.62. The molecule has 12 heteroatoms. The maximum Gasteiger partial charge on any atom is 0.264 e. The summed E-state index contributed by atoms with van der Waals surface area (Å²) in [5.41, 5.74) is 0.553. The van der Waals surface area contributed by atoms with E-state index >= 15 is 0 Å². The Bertz CT molecular complexity index is 1440. The first-order valence-electron chi connectivity index (χ1n) is 12.0. The van der Waals surface area contributed by atoms with Crippen LogP contribution in [0.2, 0.25) is 20.1 Å². The number of sulfonamides is 1. The minimum atomic E-state index is -4.27. The monoisotopic (exact) mass is 629 g/mol. The lowest BCUT2D eigenvalue weighted by molar-refractivity contribution is -0.139. The normalized spacial score (nSPS) is 12.1. The van der Waals surface area contributed by atoms with E-state index < -0.39 is 34.4 Å². The highest BCUT2D eigenvalue weighted by atomic mass is 35.5. The maximum absolute atomic E-state index is 13.9. The predicted octanol–water partition coefficient (Wildman–Crippen LogP) is 6.44. The Labute approximate surface area is 248 Å². The fraction of sp³-hybridized carbons (Fsp3) is 0.259. The van der Waals surface area contributed by atoms with Crippen molar-refractivity contribution in [2.24, 2.45) is 0 Å². The van der Waals surface area contributed by atoms with E-state index in [2.05, 4.69) is 5.32 Å². The molecule has 1 atom stereocenters. The molecule has 39 heavy (non-hydrogen) atoms. The second kappa shape index (κ2) is 13.7. The van der Waals surface area contributed by atoms with Crippen LogP contribution in [-0.2, 0) is 26.2 Å². The smallest absolute Gasteiger partial charge is 0.264 e. The molecule has 0 aliphatic rings. The fourth-order valence-electron chi connectivity index (χ4n) is 3.73. The summed E-state index contributed by atoms with van der Waals surface area (Å²) >= 11 is 25.0. The zero-order valence-electron chi connectivity index (χ0n) is 21.2. The summed E-state index contributed by atoms with van der Waals surface area (Å²) in [7, 11) is -4.27. The maximum atomic E-state index is 13.9. The standard InChI is InChI=1S/C27H27Cl4N3O4S/c1-3-14-32-27(36)18(2)33(16-19-12-13-20(28)15-23(19)30)25(35)17-34(24-11-7-10-22(29)26(24)31)39(37,38)21-8-5-4-6-9-21/h4-13,15,18H,3,14,16-17H2,1-2H3,(H,32,36)/t18-/m0/s1. The summed E-state index contributed by atoms with van der Waals surface area (Å²) in [6.07, 6.45) is 0.700. The molecular weight excluding hydrogens is 604 g/mol. The van der Waals surface area contributed by atoms with Gasteiger partial charge >= 0.3 is 0 Å². The molecule has 3 aromatic carbocycles. The summed E-state index contributed by atoms with van der Waals surface area (Å²) in [6, 6.07) is 16.0. The molecule has 2 amide bonds. The van der Waals surface area contributed by atoms with E-state index in [-0.39, 0.29) is 27.2 Å². The lowest BCUT2D eigenvalue weighted by Gasteiger charge is -2.32. The summed E-state index contributed by atoms with van der Waals surface area (Å²) in [5.74, 6) is -1.05. The molecule has 0 aliphatic carbocycles. The van der Waals surface area contributed by atoms with E-state index in [9.17, 15) is 18.0 Å². The Morgan fingerprint density at radius 2 is 1.62 bits per heavy atom. The Morgan fingerprint density at radius 1 is 0.923 bits per heavy atom. The molecule has 208 valence electrons. The zero-order chi connectivity index (χ0) is 28.7. The van der Waals surface area contributed by atoms with Crippen LogP contribution < -0.4 is 9.62 Å². The zero-order valence-corrected chi connectivity index (χ0v) is 25.0. The second-order valence-corrected chi connectivity index (χ2v) is 12.1. The van der Waals surface area contributed by atoms with Gasteiger partial charge in [0.25, 0.3) is 10.0 Å². The molecule has 3 aromatic rings. The van der Waals surface area contributed by atoms with Gasteiger partial charge in [-0.1, -0.05) is 83.7 Å². The van der Waals surface area contributed by atoms with Crippen molar-refractivity contribution >= 4 is 73.9 Å². The Morgan fingerprint density at radius 3 is 2.26 bits per heavy atom. The number of benzene rings is 3. The molecule has 0 fully saturated rings. The SMILES string of the molecule is CCCNC(=O)[C@H](C)N(Cc1ccc(Cl)cc1Cl)C(=O)CN(c1cccc(Cl)c1Cl)S(=O)(=O)c1ccccc1. The van der Waals surface area contributed by atoms with Crippen molar-refractivity contribution in [2.75, 3.05) is 17.4 Å². The van der Waals surface area contributed by atoms with Crippen molar-refractivity contribution in [2.45, 2.75) is 37.8 Å². The van der Waals surface area contributed by atoms with Crippen LogP contribution in [0.4, 0.5) is 5.69 Å². The number of anilines is 1. The largest absolute Gasteiger partial charge is 0.354 e. The summed E-state index contributed by atoms with van der Waals surface area (Å²) in [6.45, 7) is 3.16. The van der Waals surface area contributed by atoms with Gasteiger partial charge in [-0.2, -0.15) is 0 Å². The van der Waals surface area contributed by atoms with Crippen molar-refractivity contribution in [3.63, 3.8) is 0 Å². The molecule has 7 nitrogen and oxygen atoms in total. The number of rotatable bonds is 11. The third-order valence-corrected chi connectivity index (χ3v) is 9.05. The highest BCUT2D eigenvalue weighted by Crippen LogP contribution is 2.35. The molecule has 0 saturated carbocycles. The van der Waals surface area contributed by atoms with Crippen molar-refractivity contribution < 1.29 is 18.0 Å². The molecule has 0 heterocycles. The van der Waals surface area contributed by atoms with Crippen molar-refractivity contribution in [3.8, 4) is 0 Å². The molecule has 0 saturated heterocycles. The van der Waals surface area contributed by atoms with Crippen LogP contribution in [0.1, 0.15) is 25.8 Å². The van der Waals surface area contributed by atoms with Gasteiger partial charge in [0, 0.05) is 23.1 Å². The Balaban J connectivity index is 2.07.